The molecule has 148 valence electrons. The van der Waals surface area contributed by atoms with Gasteiger partial charge in [-0.25, -0.2) is 4.98 Å². The molecule has 0 amide bonds. The number of aryl methyl sites for hydroxylation is 1. The van der Waals surface area contributed by atoms with Crippen molar-refractivity contribution in [3.63, 3.8) is 0 Å². The number of nitrogen functional groups attached to an aromatic ring is 1. The number of hydrogen-bond acceptors (Lipinski definition) is 8. The van der Waals surface area contributed by atoms with E-state index in [2.05, 4.69) is 48.9 Å². The standard InChI is InChI=1S/C19H26N8O/c1-4-5-8-21-19-22-12(2)15(18(20)23-19)11-14-9-13(6-7-16(14)28-3)10-17-24-26-27-25-17/h6-7,9H,4-5,8,10-11H2,1-3H3,(H3,20,21,22,23)(H,24,25,26,27). The number of tetrazole rings is 1. The molecule has 9 heteroatoms. The summed E-state index contributed by atoms with van der Waals surface area (Å²) >= 11 is 0. The van der Waals surface area contributed by atoms with Crippen molar-refractivity contribution < 1.29 is 4.74 Å². The molecule has 0 fully saturated rings. The van der Waals surface area contributed by atoms with E-state index in [4.69, 9.17) is 10.5 Å². The monoisotopic (exact) mass is 382 g/mol. The fourth-order valence-electron chi connectivity index (χ4n) is 3.00. The van der Waals surface area contributed by atoms with Crippen LogP contribution in [0.25, 0.3) is 0 Å². The van der Waals surface area contributed by atoms with Crippen molar-refractivity contribution in [2.24, 2.45) is 0 Å². The second kappa shape index (κ2) is 9.12. The van der Waals surface area contributed by atoms with Crippen molar-refractivity contribution in [2.75, 3.05) is 24.7 Å². The van der Waals surface area contributed by atoms with Crippen LogP contribution in [0.5, 0.6) is 5.75 Å². The minimum atomic E-state index is 0.483. The Morgan fingerprint density at radius 3 is 2.75 bits per heavy atom. The summed E-state index contributed by atoms with van der Waals surface area (Å²) in [5, 5.41) is 17.3. The molecule has 0 unspecified atom stereocenters. The highest BCUT2D eigenvalue weighted by Crippen LogP contribution is 2.27. The fraction of sp³-hybridized carbons (Fsp3) is 0.421. The number of H-pyrrole nitrogens is 1. The number of nitrogens with two attached hydrogens (primary N) is 1. The van der Waals surface area contributed by atoms with E-state index in [1.165, 1.54) is 0 Å². The van der Waals surface area contributed by atoms with Gasteiger partial charge in [-0.05, 0) is 30.5 Å². The van der Waals surface area contributed by atoms with Gasteiger partial charge in [-0.3, -0.25) is 0 Å². The van der Waals surface area contributed by atoms with E-state index in [1.54, 1.807) is 7.11 Å². The van der Waals surface area contributed by atoms with E-state index in [9.17, 15) is 0 Å². The number of rotatable bonds is 9. The second-order valence-electron chi connectivity index (χ2n) is 6.60. The molecule has 28 heavy (non-hydrogen) atoms. The maximum atomic E-state index is 6.25. The Labute approximate surface area is 164 Å². The number of methoxy groups -OCH3 is 1. The Bertz CT molecular complexity index is 887. The molecule has 0 aliphatic heterocycles. The van der Waals surface area contributed by atoms with Gasteiger partial charge in [0.2, 0.25) is 5.95 Å². The van der Waals surface area contributed by atoms with Gasteiger partial charge in [-0.15, -0.1) is 10.2 Å². The first-order chi connectivity index (χ1) is 13.6. The smallest absolute Gasteiger partial charge is 0.224 e. The lowest BCUT2D eigenvalue weighted by Gasteiger charge is -2.14. The first kappa shape index (κ1) is 19.5. The van der Waals surface area contributed by atoms with Crippen molar-refractivity contribution in [2.45, 2.75) is 39.5 Å². The van der Waals surface area contributed by atoms with E-state index in [0.717, 1.165) is 47.5 Å². The first-order valence-electron chi connectivity index (χ1n) is 9.35. The normalized spacial score (nSPS) is 10.8. The average Bonchev–Trinajstić information content (AvgIpc) is 3.18. The zero-order chi connectivity index (χ0) is 19.9. The molecule has 0 aliphatic carbocycles. The largest absolute Gasteiger partial charge is 0.496 e. The summed E-state index contributed by atoms with van der Waals surface area (Å²) in [5.41, 5.74) is 10.1. The summed E-state index contributed by atoms with van der Waals surface area (Å²) in [6.45, 7) is 4.93. The van der Waals surface area contributed by atoms with Crippen LogP contribution in [0.3, 0.4) is 0 Å². The molecule has 4 N–H and O–H groups in total. The molecule has 0 bridgehead atoms. The van der Waals surface area contributed by atoms with Crippen LogP contribution in [-0.4, -0.2) is 44.2 Å². The number of aromatic nitrogens is 6. The highest BCUT2D eigenvalue weighted by Gasteiger charge is 2.14. The highest BCUT2D eigenvalue weighted by molar-refractivity contribution is 5.51. The number of benzene rings is 1. The SMILES string of the molecule is CCCCNc1nc(C)c(Cc2cc(Cc3nn[nH]n3)ccc2OC)c(N)n1. The summed E-state index contributed by atoms with van der Waals surface area (Å²) < 4.78 is 5.53. The number of aromatic amines is 1. The molecule has 3 rings (SSSR count). The Morgan fingerprint density at radius 1 is 1.21 bits per heavy atom. The summed E-state index contributed by atoms with van der Waals surface area (Å²) in [6.07, 6.45) is 3.34. The van der Waals surface area contributed by atoms with Crippen molar-refractivity contribution in [3.05, 3.63) is 46.4 Å². The van der Waals surface area contributed by atoms with Gasteiger partial charge in [0.1, 0.15) is 11.6 Å². The Balaban J connectivity index is 1.83. The Kier molecular flexibility index (Phi) is 6.36. The van der Waals surface area contributed by atoms with Gasteiger partial charge in [0.15, 0.2) is 5.82 Å². The molecular formula is C19H26N8O. The van der Waals surface area contributed by atoms with Crippen LogP contribution in [0.2, 0.25) is 0 Å². The quantitative estimate of drug-likeness (QED) is 0.481. The maximum Gasteiger partial charge on any atom is 0.224 e. The lowest BCUT2D eigenvalue weighted by atomic mass is 9.99. The summed E-state index contributed by atoms with van der Waals surface area (Å²) in [5.74, 6) is 2.49. The number of nitrogens with zero attached hydrogens (tertiary/aromatic N) is 5. The third-order valence-electron chi connectivity index (χ3n) is 4.52. The molecule has 0 saturated heterocycles. The molecule has 2 aromatic heterocycles. The number of nitrogens with one attached hydrogen (secondary N) is 2. The predicted octanol–water partition coefficient (Wildman–Crippen LogP) is 2.28. The predicted molar refractivity (Wildman–Crippen MR) is 107 cm³/mol. The van der Waals surface area contributed by atoms with Crippen LogP contribution in [0.4, 0.5) is 11.8 Å². The Hall–Kier alpha value is -3.23. The van der Waals surface area contributed by atoms with Gasteiger partial charge in [0.25, 0.3) is 0 Å². The van der Waals surface area contributed by atoms with E-state index < -0.39 is 0 Å². The van der Waals surface area contributed by atoms with Crippen molar-refractivity contribution in [1.29, 1.82) is 0 Å². The minimum absolute atomic E-state index is 0.483. The van der Waals surface area contributed by atoms with Gasteiger partial charge in [-0.1, -0.05) is 30.7 Å². The average molecular weight is 382 g/mol. The molecule has 2 heterocycles. The van der Waals surface area contributed by atoms with Crippen LogP contribution in [-0.2, 0) is 12.8 Å². The molecule has 1 aromatic carbocycles. The summed E-state index contributed by atoms with van der Waals surface area (Å²) in [7, 11) is 1.66. The topological polar surface area (TPSA) is 128 Å². The van der Waals surface area contributed by atoms with Gasteiger partial charge < -0.3 is 15.8 Å². The van der Waals surface area contributed by atoms with Gasteiger partial charge in [0.05, 0.1) is 7.11 Å². The number of hydrogen-bond donors (Lipinski definition) is 3. The minimum Gasteiger partial charge on any atom is -0.496 e. The van der Waals surface area contributed by atoms with Crippen LogP contribution in [0.15, 0.2) is 18.2 Å². The molecule has 9 nitrogen and oxygen atoms in total. The number of unbranched alkanes of at least 4 members (excludes halogenated alkanes) is 1. The first-order valence-corrected chi connectivity index (χ1v) is 9.35. The van der Waals surface area contributed by atoms with Crippen LogP contribution in [0, 0.1) is 6.92 Å². The summed E-state index contributed by atoms with van der Waals surface area (Å²) in [6, 6.07) is 6.01. The maximum absolute atomic E-state index is 6.25. The Morgan fingerprint density at radius 2 is 2.07 bits per heavy atom. The van der Waals surface area contributed by atoms with Crippen molar-refractivity contribution >= 4 is 11.8 Å². The number of anilines is 2. The third-order valence-corrected chi connectivity index (χ3v) is 4.52. The summed E-state index contributed by atoms with van der Waals surface area (Å²) in [4.78, 5) is 8.99. The van der Waals surface area contributed by atoms with Crippen LogP contribution < -0.4 is 15.8 Å². The molecule has 0 saturated carbocycles. The van der Waals surface area contributed by atoms with E-state index >= 15 is 0 Å². The van der Waals surface area contributed by atoms with Gasteiger partial charge in [0, 0.05) is 30.6 Å². The molecule has 3 aromatic rings. The van der Waals surface area contributed by atoms with Gasteiger partial charge >= 0.3 is 0 Å². The zero-order valence-corrected chi connectivity index (χ0v) is 16.5. The third kappa shape index (κ3) is 4.73. The van der Waals surface area contributed by atoms with E-state index in [1.807, 2.05) is 19.1 Å². The highest BCUT2D eigenvalue weighted by atomic mass is 16.5. The van der Waals surface area contributed by atoms with E-state index in [-0.39, 0.29) is 0 Å². The lowest BCUT2D eigenvalue weighted by Crippen LogP contribution is -2.11. The van der Waals surface area contributed by atoms with Gasteiger partial charge in [-0.2, -0.15) is 10.2 Å². The molecule has 0 aliphatic rings. The van der Waals surface area contributed by atoms with E-state index in [0.29, 0.717) is 30.4 Å². The zero-order valence-electron chi connectivity index (χ0n) is 16.5. The fourth-order valence-corrected chi connectivity index (χ4v) is 3.00. The second-order valence-corrected chi connectivity index (χ2v) is 6.60. The molecule has 0 spiro atoms. The van der Waals surface area contributed by atoms with Crippen LogP contribution >= 0.6 is 0 Å². The van der Waals surface area contributed by atoms with Crippen LogP contribution in [0.1, 0.15) is 48.0 Å². The molecule has 0 radical (unpaired) electrons. The van der Waals surface area contributed by atoms with Crippen molar-refractivity contribution in [3.8, 4) is 5.75 Å². The molecule has 0 atom stereocenters. The van der Waals surface area contributed by atoms with Crippen molar-refractivity contribution in [1.82, 2.24) is 30.6 Å². The lowest BCUT2D eigenvalue weighted by molar-refractivity contribution is 0.410. The molecular weight excluding hydrogens is 356 g/mol. The number of ether oxygens (including phenoxy) is 1.